The molecule has 0 heterocycles. The first kappa shape index (κ1) is 15.5. The van der Waals surface area contributed by atoms with Crippen molar-refractivity contribution in [2.24, 2.45) is 0 Å². The molecule has 4 heteroatoms. The third kappa shape index (κ3) is 4.56. The Kier molecular flexibility index (Phi) is 5.83. The van der Waals surface area contributed by atoms with E-state index in [1.54, 1.807) is 29.2 Å². The number of benzene rings is 1. The third-order valence-corrected chi connectivity index (χ3v) is 2.70. The molecule has 1 aromatic carbocycles. The van der Waals surface area contributed by atoms with Crippen LogP contribution in [-0.4, -0.2) is 41.2 Å². The second kappa shape index (κ2) is 7.14. The summed E-state index contributed by atoms with van der Waals surface area (Å²) < 4.78 is 5.54. The highest BCUT2D eigenvalue weighted by molar-refractivity contribution is 5.94. The monoisotopic (exact) mass is 265 g/mol. The molecular formula is C15H23NO3. The van der Waals surface area contributed by atoms with Crippen molar-refractivity contribution in [2.75, 3.05) is 13.2 Å². The highest BCUT2D eigenvalue weighted by atomic mass is 16.5. The van der Waals surface area contributed by atoms with Crippen molar-refractivity contribution in [3.63, 3.8) is 0 Å². The Morgan fingerprint density at radius 1 is 1.21 bits per heavy atom. The number of amides is 1. The molecule has 4 nitrogen and oxygen atoms in total. The van der Waals surface area contributed by atoms with E-state index in [0.717, 1.165) is 5.75 Å². The van der Waals surface area contributed by atoms with Gasteiger partial charge in [0.2, 0.25) is 0 Å². The van der Waals surface area contributed by atoms with Gasteiger partial charge in [0.1, 0.15) is 5.75 Å². The van der Waals surface area contributed by atoms with Crippen LogP contribution in [0.3, 0.4) is 0 Å². The maximum atomic E-state index is 12.3. The van der Waals surface area contributed by atoms with E-state index in [0.29, 0.717) is 12.1 Å². The van der Waals surface area contributed by atoms with E-state index in [9.17, 15) is 4.79 Å². The smallest absolute Gasteiger partial charge is 0.254 e. The Hall–Kier alpha value is -1.55. The van der Waals surface area contributed by atoms with Crippen molar-refractivity contribution < 1.29 is 14.6 Å². The molecule has 0 aromatic heterocycles. The minimum absolute atomic E-state index is 0.0293. The fourth-order valence-corrected chi connectivity index (χ4v) is 1.82. The van der Waals surface area contributed by atoms with Gasteiger partial charge in [-0.15, -0.1) is 0 Å². The topological polar surface area (TPSA) is 49.8 Å². The van der Waals surface area contributed by atoms with Gasteiger partial charge in [-0.05, 0) is 52.0 Å². The average Bonchev–Trinajstić information content (AvgIpc) is 2.35. The third-order valence-electron chi connectivity index (χ3n) is 2.70. The molecule has 106 valence electrons. The standard InChI is InChI=1S/C15H23NO3/c1-11(2)16(9-10-17)15(18)13-5-7-14(8-6-13)19-12(3)4/h5-8,11-12,17H,9-10H2,1-4H3. The number of carbonyl (C=O) groups excluding carboxylic acids is 1. The first-order valence-electron chi connectivity index (χ1n) is 6.64. The SMILES string of the molecule is CC(C)Oc1ccc(C(=O)N(CCO)C(C)C)cc1. The summed E-state index contributed by atoms with van der Waals surface area (Å²) in [5, 5.41) is 9.01. The summed E-state index contributed by atoms with van der Waals surface area (Å²) in [5.41, 5.74) is 0.609. The zero-order valence-electron chi connectivity index (χ0n) is 12.1. The van der Waals surface area contributed by atoms with Crippen LogP contribution < -0.4 is 4.74 Å². The minimum atomic E-state index is -0.0693. The number of aliphatic hydroxyl groups is 1. The van der Waals surface area contributed by atoms with Crippen LogP contribution in [-0.2, 0) is 0 Å². The lowest BCUT2D eigenvalue weighted by Gasteiger charge is -2.26. The van der Waals surface area contributed by atoms with E-state index in [-0.39, 0.29) is 24.7 Å². The fourth-order valence-electron chi connectivity index (χ4n) is 1.82. The van der Waals surface area contributed by atoms with Crippen LogP contribution in [0.5, 0.6) is 5.75 Å². The van der Waals surface area contributed by atoms with Crippen LogP contribution in [0.15, 0.2) is 24.3 Å². The van der Waals surface area contributed by atoms with Gasteiger partial charge >= 0.3 is 0 Å². The molecule has 0 unspecified atom stereocenters. The van der Waals surface area contributed by atoms with E-state index in [1.807, 2.05) is 27.7 Å². The Balaban J connectivity index is 2.81. The van der Waals surface area contributed by atoms with Gasteiger partial charge in [-0.1, -0.05) is 0 Å². The summed E-state index contributed by atoms with van der Waals surface area (Å²) in [6.45, 7) is 8.11. The number of ether oxygens (including phenoxy) is 1. The molecule has 0 bridgehead atoms. The number of aliphatic hydroxyl groups excluding tert-OH is 1. The van der Waals surface area contributed by atoms with Gasteiger partial charge in [0.05, 0.1) is 12.7 Å². The van der Waals surface area contributed by atoms with E-state index < -0.39 is 0 Å². The summed E-state index contributed by atoms with van der Waals surface area (Å²) in [4.78, 5) is 13.9. The second-order valence-corrected chi connectivity index (χ2v) is 5.01. The molecule has 19 heavy (non-hydrogen) atoms. The molecule has 0 aliphatic rings. The Bertz CT molecular complexity index is 398. The van der Waals surface area contributed by atoms with Gasteiger partial charge < -0.3 is 14.7 Å². The normalized spacial score (nSPS) is 10.9. The van der Waals surface area contributed by atoms with Gasteiger partial charge in [-0.2, -0.15) is 0 Å². The number of nitrogens with zero attached hydrogens (tertiary/aromatic N) is 1. The molecule has 0 spiro atoms. The molecule has 1 N–H and O–H groups in total. The second-order valence-electron chi connectivity index (χ2n) is 5.01. The van der Waals surface area contributed by atoms with Crippen molar-refractivity contribution in [2.45, 2.75) is 39.8 Å². The lowest BCUT2D eigenvalue weighted by Crippen LogP contribution is -2.38. The molecule has 0 saturated carbocycles. The van der Waals surface area contributed by atoms with Crippen LogP contribution in [0.1, 0.15) is 38.1 Å². The van der Waals surface area contributed by atoms with E-state index in [1.165, 1.54) is 0 Å². The molecule has 0 fully saturated rings. The molecule has 0 aliphatic heterocycles. The van der Waals surface area contributed by atoms with Gasteiger partial charge in [0.15, 0.2) is 0 Å². The molecular weight excluding hydrogens is 242 g/mol. The van der Waals surface area contributed by atoms with Crippen LogP contribution >= 0.6 is 0 Å². The highest BCUT2D eigenvalue weighted by Crippen LogP contribution is 2.16. The average molecular weight is 265 g/mol. The first-order chi connectivity index (χ1) is 8.95. The summed E-state index contributed by atoms with van der Waals surface area (Å²) in [7, 11) is 0. The minimum Gasteiger partial charge on any atom is -0.491 e. The summed E-state index contributed by atoms with van der Waals surface area (Å²) >= 11 is 0. The van der Waals surface area contributed by atoms with E-state index in [2.05, 4.69) is 0 Å². The molecule has 1 rings (SSSR count). The molecule has 0 atom stereocenters. The highest BCUT2D eigenvalue weighted by Gasteiger charge is 2.18. The zero-order valence-corrected chi connectivity index (χ0v) is 12.1. The summed E-state index contributed by atoms with van der Waals surface area (Å²) in [6, 6.07) is 7.17. The molecule has 1 aromatic rings. The molecule has 1 amide bonds. The largest absolute Gasteiger partial charge is 0.491 e. The maximum absolute atomic E-state index is 12.3. The predicted molar refractivity (Wildman–Crippen MR) is 75.5 cm³/mol. The van der Waals surface area contributed by atoms with Crippen molar-refractivity contribution in [1.82, 2.24) is 4.90 Å². The van der Waals surface area contributed by atoms with Crippen molar-refractivity contribution in [3.05, 3.63) is 29.8 Å². The predicted octanol–water partition coefficient (Wildman–Crippen LogP) is 2.32. The van der Waals surface area contributed by atoms with Crippen molar-refractivity contribution in [3.8, 4) is 5.75 Å². The van der Waals surface area contributed by atoms with Crippen molar-refractivity contribution >= 4 is 5.91 Å². The van der Waals surface area contributed by atoms with Crippen molar-refractivity contribution in [1.29, 1.82) is 0 Å². The molecule has 0 aliphatic carbocycles. The number of hydrogen-bond acceptors (Lipinski definition) is 3. The van der Waals surface area contributed by atoms with Gasteiger partial charge in [-0.25, -0.2) is 0 Å². The van der Waals surface area contributed by atoms with E-state index in [4.69, 9.17) is 9.84 Å². The van der Waals surface area contributed by atoms with Crippen LogP contribution in [0.4, 0.5) is 0 Å². The lowest BCUT2D eigenvalue weighted by atomic mass is 10.1. The maximum Gasteiger partial charge on any atom is 0.254 e. The number of carbonyl (C=O) groups is 1. The Labute approximate surface area is 115 Å². The number of rotatable bonds is 6. The number of hydrogen-bond donors (Lipinski definition) is 1. The van der Waals surface area contributed by atoms with Crippen LogP contribution in [0.25, 0.3) is 0 Å². The first-order valence-corrected chi connectivity index (χ1v) is 6.64. The Morgan fingerprint density at radius 3 is 2.21 bits per heavy atom. The Morgan fingerprint density at radius 2 is 1.79 bits per heavy atom. The quantitative estimate of drug-likeness (QED) is 0.858. The van der Waals surface area contributed by atoms with Gasteiger partial charge in [0, 0.05) is 18.2 Å². The summed E-state index contributed by atoms with van der Waals surface area (Å²) in [6.07, 6.45) is 0.114. The van der Waals surface area contributed by atoms with Crippen LogP contribution in [0.2, 0.25) is 0 Å². The van der Waals surface area contributed by atoms with Gasteiger partial charge in [0.25, 0.3) is 5.91 Å². The lowest BCUT2D eigenvalue weighted by molar-refractivity contribution is 0.0665. The van der Waals surface area contributed by atoms with E-state index >= 15 is 0 Å². The fraction of sp³-hybridized carbons (Fsp3) is 0.533. The molecule has 0 radical (unpaired) electrons. The van der Waals surface area contributed by atoms with Crippen LogP contribution in [0, 0.1) is 0 Å². The zero-order chi connectivity index (χ0) is 14.4. The van der Waals surface area contributed by atoms with Gasteiger partial charge in [-0.3, -0.25) is 4.79 Å². The molecule has 0 saturated heterocycles. The summed E-state index contributed by atoms with van der Waals surface area (Å²) in [5.74, 6) is 0.685.